The lowest BCUT2D eigenvalue weighted by molar-refractivity contribution is -0.141. The SMILES string of the molecule is COCCCCCNC(=O)N1C(C)SCC1C(=O)O. The van der Waals surface area contributed by atoms with Gasteiger partial charge in [-0.1, -0.05) is 0 Å². The van der Waals surface area contributed by atoms with E-state index in [1.165, 1.54) is 16.7 Å². The number of carboxylic acid groups (broad SMARTS) is 1. The largest absolute Gasteiger partial charge is 0.480 e. The summed E-state index contributed by atoms with van der Waals surface area (Å²) in [6.07, 6.45) is 2.84. The minimum Gasteiger partial charge on any atom is -0.480 e. The predicted octanol–water partition coefficient (Wildman–Crippen LogP) is 1.36. The summed E-state index contributed by atoms with van der Waals surface area (Å²) in [5.41, 5.74) is 0. The maximum Gasteiger partial charge on any atom is 0.327 e. The number of carboxylic acids is 1. The first-order valence-electron chi connectivity index (χ1n) is 6.47. The highest BCUT2D eigenvalue weighted by Crippen LogP contribution is 2.28. The molecule has 19 heavy (non-hydrogen) atoms. The summed E-state index contributed by atoms with van der Waals surface area (Å²) < 4.78 is 4.94. The highest BCUT2D eigenvalue weighted by atomic mass is 32.2. The number of carbonyl (C=O) groups excluding carboxylic acids is 1. The molecule has 0 aromatic carbocycles. The number of amides is 2. The second-order valence-corrected chi connectivity index (χ2v) is 5.83. The van der Waals surface area contributed by atoms with Crippen molar-refractivity contribution >= 4 is 23.8 Å². The number of thioether (sulfide) groups is 1. The summed E-state index contributed by atoms with van der Waals surface area (Å²) in [6.45, 7) is 3.16. The Labute approximate surface area is 117 Å². The van der Waals surface area contributed by atoms with Gasteiger partial charge in [-0.15, -0.1) is 11.8 Å². The van der Waals surface area contributed by atoms with Crippen molar-refractivity contribution in [3.05, 3.63) is 0 Å². The molecule has 0 aromatic rings. The lowest BCUT2D eigenvalue weighted by Crippen LogP contribution is -2.49. The van der Waals surface area contributed by atoms with E-state index in [1.807, 2.05) is 6.92 Å². The van der Waals surface area contributed by atoms with Crippen LogP contribution in [0.15, 0.2) is 0 Å². The zero-order valence-electron chi connectivity index (χ0n) is 11.4. The van der Waals surface area contributed by atoms with Crippen LogP contribution in [0.1, 0.15) is 26.2 Å². The van der Waals surface area contributed by atoms with Crippen LogP contribution in [-0.4, -0.2) is 59.4 Å². The normalized spacial score (nSPS) is 22.5. The van der Waals surface area contributed by atoms with Gasteiger partial charge in [-0.2, -0.15) is 0 Å². The number of ether oxygens (including phenoxy) is 1. The molecule has 2 N–H and O–H groups in total. The van der Waals surface area contributed by atoms with Gasteiger partial charge < -0.3 is 15.2 Å². The summed E-state index contributed by atoms with van der Waals surface area (Å²) in [6, 6.07) is -0.995. The fourth-order valence-corrected chi connectivity index (χ4v) is 3.14. The minimum absolute atomic E-state index is 0.0883. The molecule has 1 aliphatic heterocycles. The molecule has 0 bridgehead atoms. The molecule has 6 nitrogen and oxygen atoms in total. The van der Waals surface area contributed by atoms with Crippen LogP contribution in [0.2, 0.25) is 0 Å². The number of carbonyl (C=O) groups is 2. The Morgan fingerprint density at radius 2 is 2.16 bits per heavy atom. The first-order valence-corrected chi connectivity index (χ1v) is 7.52. The lowest BCUT2D eigenvalue weighted by atomic mass is 10.2. The number of methoxy groups -OCH3 is 1. The summed E-state index contributed by atoms with van der Waals surface area (Å²) in [5.74, 6) is -0.482. The first kappa shape index (κ1) is 16.1. The Morgan fingerprint density at radius 3 is 2.79 bits per heavy atom. The van der Waals surface area contributed by atoms with Crippen molar-refractivity contribution in [3.8, 4) is 0 Å². The number of unbranched alkanes of at least 4 members (excludes halogenated alkanes) is 2. The van der Waals surface area contributed by atoms with Gasteiger partial charge in [-0.3, -0.25) is 4.90 Å². The molecular weight excluding hydrogens is 268 g/mol. The van der Waals surface area contributed by atoms with Gasteiger partial charge in [0, 0.05) is 26.0 Å². The molecule has 2 atom stereocenters. The topological polar surface area (TPSA) is 78.9 Å². The maximum atomic E-state index is 12.0. The first-order chi connectivity index (χ1) is 9.07. The van der Waals surface area contributed by atoms with Gasteiger partial charge in [0.25, 0.3) is 0 Å². The summed E-state index contributed by atoms with van der Waals surface area (Å²) in [7, 11) is 1.67. The molecule has 1 fully saturated rings. The summed E-state index contributed by atoms with van der Waals surface area (Å²) in [5, 5.41) is 11.8. The van der Waals surface area contributed by atoms with Gasteiger partial charge in [0.1, 0.15) is 6.04 Å². The van der Waals surface area contributed by atoms with Crippen molar-refractivity contribution in [2.24, 2.45) is 0 Å². The molecule has 1 aliphatic rings. The Balaban J connectivity index is 2.29. The van der Waals surface area contributed by atoms with E-state index in [0.29, 0.717) is 12.3 Å². The number of hydrogen-bond donors (Lipinski definition) is 2. The molecule has 1 saturated heterocycles. The Hall–Kier alpha value is -0.950. The van der Waals surface area contributed by atoms with Crippen LogP contribution in [0.25, 0.3) is 0 Å². The quantitative estimate of drug-likeness (QED) is 0.692. The van der Waals surface area contributed by atoms with E-state index >= 15 is 0 Å². The molecule has 2 amide bonds. The van der Waals surface area contributed by atoms with Crippen LogP contribution in [-0.2, 0) is 9.53 Å². The van der Waals surface area contributed by atoms with Gasteiger partial charge in [0.2, 0.25) is 0 Å². The fraction of sp³-hybridized carbons (Fsp3) is 0.833. The van der Waals surface area contributed by atoms with Crippen LogP contribution in [0.3, 0.4) is 0 Å². The zero-order valence-corrected chi connectivity index (χ0v) is 12.2. The molecule has 0 aromatic heterocycles. The Kier molecular flexibility index (Phi) is 7.01. The van der Waals surface area contributed by atoms with Gasteiger partial charge >= 0.3 is 12.0 Å². The zero-order chi connectivity index (χ0) is 14.3. The van der Waals surface area contributed by atoms with Crippen LogP contribution in [0, 0.1) is 0 Å². The highest BCUT2D eigenvalue weighted by Gasteiger charge is 2.39. The van der Waals surface area contributed by atoms with Gasteiger partial charge in [-0.05, 0) is 26.2 Å². The van der Waals surface area contributed by atoms with Crippen molar-refractivity contribution in [1.29, 1.82) is 0 Å². The summed E-state index contributed by atoms with van der Waals surface area (Å²) in [4.78, 5) is 24.5. The molecule has 2 unspecified atom stereocenters. The number of aliphatic carboxylic acids is 1. The number of rotatable bonds is 7. The fourth-order valence-electron chi connectivity index (χ4n) is 1.98. The predicted molar refractivity (Wildman–Crippen MR) is 74.3 cm³/mol. The average Bonchev–Trinajstić information content (AvgIpc) is 2.75. The van der Waals surface area contributed by atoms with E-state index in [9.17, 15) is 9.59 Å². The van der Waals surface area contributed by atoms with E-state index in [4.69, 9.17) is 9.84 Å². The lowest BCUT2D eigenvalue weighted by Gasteiger charge is -2.25. The molecule has 1 rings (SSSR count). The van der Waals surface area contributed by atoms with Crippen molar-refractivity contribution in [2.75, 3.05) is 26.0 Å². The molecule has 0 aliphatic carbocycles. The molecule has 7 heteroatoms. The van der Waals surface area contributed by atoms with E-state index in [-0.39, 0.29) is 11.4 Å². The van der Waals surface area contributed by atoms with Gasteiger partial charge in [0.05, 0.1) is 5.37 Å². The summed E-state index contributed by atoms with van der Waals surface area (Å²) >= 11 is 1.49. The van der Waals surface area contributed by atoms with Crippen LogP contribution in [0.4, 0.5) is 4.79 Å². The Morgan fingerprint density at radius 1 is 1.42 bits per heavy atom. The van der Waals surface area contributed by atoms with E-state index < -0.39 is 12.0 Å². The van der Waals surface area contributed by atoms with Crippen LogP contribution < -0.4 is 5.32 Å². The van der Waals surface area contributed by atoms with E-state index in [1.54, 1.807) is 7.11 Å². The second kappa shape index (κ2) is 8.27. The number of nitrogens with zero attached hydrogens (tertiary/aromatic N) is 1. The minimum atomic E-state index is -0.938. The smallest absolute Gasteiger partial charge is 0.327 e. The highest BCUT2D eigenvalue weighted by molar-refractivity contribution is 8.00. The van der Waals surface area contributed by atoms with Crippen molar-refractivity contribution < 1.29 is 19.4 Å². The molecular formula is C12H22N2O4S. The third-order valence-corrected chi connectivity index (χ3v) is 4.26. The third kappa shape index (κ3) is 4.91. The second-order valence-electron chi connectivity index (χ2n) is 4.48. The van der Waals surface area contributed by atoms with Gasteiger partial charge in [-0.25, -0.2) is 9.59 Å². The number of urea groups is 1. The molecule has 0 radical (unpaired) electrons. The maximum absolute atomic E-state index is 12.0. The monoisotopic (exact) mass is 290 g/mol. The van der Waals surface area contributed by atoms with Gasteiger partial charge in [0.15, 0.2) is 0 Å². The van der Waals surface area contributed by atoms with Crippen LogP contribution >= 0.6 is 11.8 Å². The number of hydrogen-bond acceptors (Lipinski definition) is 4. The standard InChI is InChI=1S/C12H22N2O4S/c1-9-14(10(8-19-9)11(15)16)12(17)13-6-4-3-5-7-18-2/h9-10H,3-8H2,1-2H3,(H,13,17)(H,15,16). The Bertz CT molecular complexity index is 314. The van der Waals surface area contributed by atoms with E-state index in [0.717, 1.165) is 25.9 Å². The van der Waals surface area contributed by atoms with Crippen molar-refractivity contribution in [2.45, 2.75) is 37.6 Å². The van der Waals surface area contributed by atoms with Crippen LogP contribution in [0.5, 0.6) is 0 Å². The third-order valence-electron chi connectivity index (χ3n) is 3.04. The van der Waals surface area contributed by atoms with Crippen molar-refractivity contribution in [1.82, 2.24) is 10.2 Å². The van der Waals surface area contributed by atoms with Crippen molar-refractivity contribution in [3.63, 3.8) is 0 Å². The van der Waals surface area contributed by atoms with E-state index in [2.05, 4.69) is 5.32 Å². The average molecular weight is 290 g/mol. The molecule has 0 spiro atoms. The molecule has 0 saturated carbocycles. The number of nitrogens with one attached hydrogen (secondary N) is 1. The molecule has 1 heterocycles. The molecule has 110 valence electrons.